The zero-order valence-electron chi connectivity index (χ0n) is 18.4. The minimum atomic E-state index is -0.250. The average Bonchev–Trinajstić information content (AvgIpc) is 3.07. The summed E-state index contributed by atoms with van der Waals surface area (Å²) in [6.07, 6.45) is 7.57. The highest BCUT2D eigenvalue weighted by molar-refractivity contribution is 5.81. The van der Waals surface area contributed by atoms with E-state index in [-0.39, 0.29) is 24.2 Å². The number of piperidine rings is 1. The summed E-state index contributed by atoms with van der Waals surface area (Å²) in [5.74, 6) is 0.612. The van der Waals surface area contributed by atoms with Gasteiger partial charge in [0.05, 0.1) is 6.54 Å². The van der Waals surface area contributed by atoms with Gasteiger partial charge >= 0.3 is 0 Å². The van der Waals surface area contributed by atoms with Crippen LogP contribution >= 0.6 is 0 Å². The zero-order valence-corrected chi connectivity index (χ0v) is 18.4. The standard InChI is InChI=1S/C23H33N3O2.CH2O2/c27-22(18-24-12-5-1-2-6-13-24)25-14-10-20(11-15-25)23(28)26-16-9-19-7-3-4-8-21(19)17-26;2-1-3/h3-4,7-8,20H,1-2,5-6,9-18H2;1H,(H,2,3). The molecule has 4 rings (SSSR count). The van der Waals surface area contributed by atoms with E-state index in [2.05, 4.69) is 29.2 Å². The van der Waals surface area contributed by atoms with Crippen LogP contribution in [0.25, 0.3) is 0 Å². The Kier molecular flexibility index (Phi) is 8.88. The summed E-state index contributed by atoms with van der Waals surface area (Å²) in [5, 5.41) is 6.89. The van der Waals surface area contributed by atoms with E-state index >= 15 is 0 Å². The Labute approximate surface area is 185 Å². The number of carboxylic acid groups (broad SMARTS) is 1. The molecule has 2 amide bonds. The van der Waals surface area contributed by atoms with Gasteiger partial charge in [-0.15, -0.1) is 0 Å². The van der Waals surface area contributed by atoms with Crippen molar-refractivity contribution in [3.05, 3.63) is 35.4 Å². The minimum absolute atomic E-state index is 0.0764. The molecule has 170 valence electrons. The molecule has 3 heterocycles. The summed E-state index contributed by atoms with van der Waals surface area (Å²) >= 11 is 0. The molecule has 1 N–H and O–H groups in total. The smallest absolute Gasteiger partial charge is 0.290 e. The number of benzene rings is 1. The Balaban J connectivity index is 0.000000858. The number of nitrogens with zero attached hydrogens (tertiary/aromatic N) is 3. The quantitative estimate of drug-likeness (QED) is 0.746. The molecule has 0 aliphatic carbocycles. The largest absolute Gasteiger partial charge is 0.483 e. The van der Waals surface area contributed by atoms with Crippen molar-refractivity contribution >= 4 is 18.3 Å². The molecule has 0 radical (unpaired) electrons. The van der Waals surface area contributed by atoms with Gasteiger partial charge in [0.1, 0.15) is 0 Å². The van der Waals surface area contributed by atoms with E-state index < -0.39 is 0 Å². The summed E-state index contributed by atoms with van der Waals surface area (Å²) < 4.78 is 0. The lowest BCUT2D eigenvalue weighted by atomic mass is 9.93. The summed E-state index contributed by atoms with van der Waals surface area (Å²) in [6.45, 7) is 5.43. The molecule has 7 nitrogen and oxygen atoms in total. The van der Waals surface area contributed by atoms with Crippen molar-refractivity contribution in [2.75, 3.05) is 39.3 Å². The van der Waals surface area contributed by atoms with E-state index in [4.69, 9.17) is 9.90 Å². The molecule has 2 fully saturated rings. The Hall–Kier alpha value is -2.41. The number of fused-ring (bicyclic) bond motifs is 1. The normalized spacial score (nSPS) is 20.1. The summed E-state index contributed by atoms with van der Waals surface area (Å²) in [4.78, 5) is 40.4. The fourth-order valence-electron chi connectivity index (χ4n) is 4.90. The number of hydrogen-bond acceptors (Lipinski definition) is 4. The van der Waals surface area contributed by atoms with E-state index in [0.29, 0.717) is 6.54 Å². The van der Waals surface area contributed by atoms with Gasteiger partial charge < -0.3 is 14.9 Å². The lowest BCUT2D eigenvalue weighted by molar-refractivity contribution is -0.141. The maximum absolute atomic E-state index is 13.0. The second kappa shape index (κ2) is 11.8. The Morgan fingerprint density at radius 3 is 2.16 bits per heavy atom. The lowest BCUT2D eigenvalue weighted by Gasteiger charge is -2.36. The molecular weight excluding hydrogens is 394 g/mol. The van der Waals surface area contributed by atoms with Gasteiger partial charge in [0.15, 0.2) is 0 Å². The lowest BCUT2D eigenvalue weighted by Crippen LogP contribution is -2.48. The fourth-order valence-corrected chi connectivity index (χ4v) is 4.90. The van der Waals surface area contributed by atoms with Crippen LogP contribution in [0.2, 0.25) is 0 Å². The molecule has 0 aromatic heterocycles. The predicted molar refractivity (Wildman–Crippen MR) is 118 cm³/mol. The molecule has 1 aromatic carbocycles. The van der Waals surface area contributed by atoms with Gasteiger partial charge in [-0.25, -0.2) is 0 Å². The van der Waals surface area contributed by atoms with Gasteiger partial charge in [-0.2, -0.15) is 0 Å². The second-order valence-corrected chi connectivity index (χ2v) is 8.73. The number of likely N-dealkylation sites (tertiary alicyclic amines) is 2. The highest BCUT2D eigenvalue weighted by Crippen LogP contribution is 2.25. The first-order valence-electron chi connectivity index (χ1n) is 11.6. The number of carbonyl (C=O) groups is 3. The topological polar surface area (TPSA) is 81.2 Å². The molecule has 31 heavy (non-hydrogen) atoms. The van der Waals surface area contributed by atoms with Crippen LogP contribution < -0.4 is 0 Å². The second-order valence-electron chi connectivity index (χ2n) is 8.73. The molecule has 3 aliphatic heterocycles. The minimum Gasteiger partial charge on any atom is -0.483 e. The third-order valence-corrected chi connectivity index (χ3v) is 6.70. The zero-order chi connectivity index (χ0) is 22.1. The third-order valence-electron chi connectivity index (χ3n) is 6.70. The first kappa shape index (κ1) is 23.3. The van der Waals surface area contributed by atoms with Gasteiger partial charge in [0.2, 0.25) is 11.8 Å². The van der Waals surface area contributed by atoms with Crippen molar-refractivity contribution in [1.82, 2.24) is 14.7 Å². The number of rotatable bonds is 3. The summed E-state index contributed by atoms with van der Waals surface area (Å²) in [5.41, 5.74) is 2.66. The van der Waals surface area contributed by atoms with Gasteiger partial charge in [-0.05, 0) is 56.3 Å². The predicted octanol–water partition coefficient (Wildman–Crippen LogP) is 2.39. The highest BCUT2D eigenvalue weighted by atomic mass is 16.3. The van der Waals surface area contributed by atoms with Crippen molar-refractivity contribution < 1.29 is 19.5 Å². The van der Waals surface area contributed by atoms with Gasteiger partial charge in [0.25, 0.3) is 6.47 Å². The Bertz CT molecular complexity index is 738. The molecule has 0 atom stereocenters. The van der Waals surface area contributed by atoms with Crippen molar-refractivity contribution in [1.29, 1.82) is 0 Å². The molecular formula is C24H35N3O4. The molecule has 0 bridgehead atoms. The molecule has 1 aromatic rings. The molecule has 2 saturated heterocycles. The molecule has 7 heteroatoms. The van der Waals surface area contributed by atoms with Crippen LogP contribution in [0.15, 0.2) is 24.3 Å². The van der Waals surface area contributed by atoms with E-state index in [1.807, 2.05) is 9.80 Å². The van der Waals surface area contributed by atoms with Crippen LogP contribution in [0.4, 0.5) is 0 Å². The number of amides is 2. The van der Waals surface area contributed by atoms with Crippen LogP contribution in [0.1, 0.15) is 49.7 Å². The fraction of sp³-hybridized carbons (Fsp3) is 0.625. The van der Waals surface area contributed by atoms with Crippen molar-refractivity contribution in [3.63, 3.8) is 0 Å². The molecule has 0 spiro atoms. The SMILES string of the molecule is O=C(CN1CCCCCC1)N1CCC(C(=O)N2CCc3ccccc3C2)CC1.O=CO. The maximum atomic E-state index is 13.0. The van der Waals surface area contributed by atoms with Gasteiger partial charge in [-0.1, -0.05) is 37.1 Å². The third kappa shape index (κ3) is 6.53. The van der Waals surface area contributed by atoms with E-state index in [0.717, 1.165) is 58.5 Å². The monoisotopic (exact) mass is 429 g/mol. The van der Waals surface area contributed by atoms with Gasteiger partial charge in [-0.3, -0.25) is 19.3 Å². The number of hydrogen-bond donors (Lipinski definition) is 1. The van der Waals surface area contributed by atoms with Crippen LogP contribution in [-0.4, -0.2) is 77.4 Å². The van der Waals surface area contributed by atoms with Crippen molar-refractivity contribution in [2.45, 2.75) is 51.5 Å². The first-order valence-corrected chi connectivity index (χ1v) is 11.6. The van der Waals surface area contributed by atoms with Gasteiger partial charge in [0, 0.05) is 32.1 Å². The van der Waals surface area contributed by atoms with Crippen molar-refractivity contribution in [2.24, 2.45) is 5.92 Å². The Morgan fingerprint density at radius 1 is 0.903 bits per heavy atom. The van der Waals surface area contributed by atoms with Crippen LogP contribution in [0.5, 0.6) is 0 Å². The molecule has 0 unspecified atom stereocenters. The van der Waals surface area contributed by atoms with Crippen LogP contribution in [0, 0.1) is 5.92 Å². The molecule has 3 aliphatic rings. The van der Waals surface area contributed by atoms with Crippen LogP contribution in [0.3, 0.4) is 0 Å². The van der Waals surface area contributed by atoms with Crippen LogP contribution in [-0.2, 0) is 27.3 Å². The summed E-state index contributed by atoms with van der Waals surface area (Å²) in [7, 11) is 0. The highest BCUT2D eigenvalue weighted by Gasteiger charge is 2.31. The average molecular weight is 430 g/mol. The van der Waals surface area contributed by atoms with E-state index in [9.17, 15) is 9.59 Å². The number of carbonyl (C=O) groups excluding carboxylic acids is 2. The van der Waals surface area contributed by atoms with Crippen molar-refractivity contribution in [3.8, 4) is 0 Å². The van der Waals surface area contributed by atoms with E-state index in [1.165, 1.54) is 36.8 Å². The maximum Gasteiger partial charge on any atom is 0.290 e. The molecule has 0 saturated carbocycles. The van der Waals surface area contributed by atoms with E-state index in [1.54, 1.807) is 0 Å². The Morgan fingerprint density at radius 2 is 1.52 bits per heavy atom. The summed E-state index contributed by atoms with van der Waals surface area (Å²) in [6, 6.07) is 8.44. The first-order chi connectivity index (χ1) is 15.1.